The molecule has 2 amide bonds. The lowest BCUT2D eigenvalue weighted by molar-refractivity contribution is -0.127. The van der Waals surface area contributed by atoms with Gasteiger partial charge in [-0.1, -0.05) is 20.3 Å². The van der Waals surface area contributed by atoms with E-state index in [2.05, 4.69) is 17.3 Å². The van der Waals surface area contributed by atoms with Crippen LogP contribution in [0.25, 0.3) is 0 Å². The van der Waals surface area contributed by atoms with E-state index in [1.807, 2.05) is 36.4 Å². The Bertz CT molecular complexity index is 588. The summed E-state index contributed by atoms with van der Waals surface area (Å²) in [7, 11) is 0. The molecule has 1 aliphatic heterocycles. The maximum atomic E-state index is 12.6. The van der Waals surface area contributed by atoms with Crippen LogP contribution in [0.15, 0.2) is 6.07 Å². The van der Waals surface area contributed by atoms with E-state index in [1.54, 1.807) is 4.90 Å². The molecule has 1 aromatic rings. The number of rotatable bonds is 10. The first-order chi connectivity index (χ1) is 12.1. The van der Waals surface area contributed by atoms with E-state index in [0.717, 1.165) is 23.7 Å². The number of aryl methyl sites for hydroxylation is 2. The zero-order valence-electron chi connectivity index (χ0n) is 15.6. The van der Waals surface area contributed by atoms with Gasteiger partial charge in [0.15, 0.2) is 0 Å². The standard InChI is InChI=1S/C18H30N4O2S/c1-4-6-11-25-12-7-9-19-18(24)15(5-2)22-16-13-14(3)20-21(16)10-8-17(22)23/h13,15H,4-12H2,1-3H3,(H,19,24)/t15-/m1/s1. The monoisotopic (exact) mass is 366 g/mol. The van der Waals surface area contributed by atoms with Crippen LogP contribution in [0.2, 0.25) is 0 Å². The molecule has 6 nitrogen and oxygen atoms in total. The fraction of sp³-hybridized carbons (Fsp3) is 0.722. The zero-order valence-corrected chi connectivity index (χ0v) is 16.4. The molecule has 25 heavy (non-hydrogen) atoms. The van der Waals surface area contributed by atoms with Gasteiger partial charge in [0.1, 0.15) is 11.9 Å². The maximum Gasteiger partial charge on any atom is 0.243 e. The molecule has 140 valence electrons. The van der Waals surface area contributed by atoms with Crippen LogP contribution in [0.5, 0.6) is 0 Å². The summed E-state index contributed by atoms with van der Waals surface area (Å²) in [5.74, 6) is 2.93. The molecule has 1 aliphatic rings. The highest BCUT2D eigenvalue weighted by Gasteiger charge is 2.34. The van der Waals surface area contributed by atoms with Crippen molar-refractivity contribution in [1.29, 1.82) is 0 Å². The van der Waals surface area contributed by atoms with Gasteiger partial charge in [-0.15, -0.1) is 0 Å². The van der Waals surface area contributed by atoms with E-state index in [9.17, 15) is 9.59 Å². The van der Waals surface area contributed by atoms with E-state index in [4.69, 9.17) is 0 Å². The topological polar surface area (TPSA) is 67.2 Å². The van der Waals surface area contributed by atoms with Gasteiger partial charge in [-0.2, -0.15) is 16.9 Å². The number of nitrogens with one attached hydrogen (secondary N) is 1. The lowest BCUT2D eigenvalue weighted by atomic mass is 10.1. The second kappa shape index (κ2) is 9.85. The third kappa shape index (κ3) is 5.23. The van der Waals surface area contributed by atoms with Gasteiger partial charge in [-0.3, -0.25) is 14.5 Å². The first-order valence-electron chi connectivity index (χ1n) is 9.30. The van der Waals surface area contributed by atoms with Crippen molar-refractivity contribution < 1.29 is 9.59 Å². The number of hydrogen-bond donors (Lipinski definition) is 1. The Morgan fingerprint density at radius 2 is 2.12 bits per heavy atom. The Labute approximate surface area is 154 Å². The maximum absolute atomic E-state index is 12.6. The number of anilines is 1. The van der Waals surface area contributed by atoms with Crippen LogP contribution >= 0.6 is 11.8 Å². The quantitative estimate of drug-likeness (QED) is 0.647. The number of fused-ring (bicyclic) bond motifs is 1. The van der Waals surface area contributed by atoms with Crippen LogP contribution in [-0.4, -0.2) is 45.7 Å². The number of nitrogens with zero attached hydrogens (tertiary/aromatic N) is 3. The molecule has 0 aromatic carbocycles. The number of carbonyl (C=O) groups excluding carboxylic acids is 2. The summed E-state index contributed by atoms with van der Waals surface area (Å²) >= 11 is 1.94. The van der Waals surface area contributed by atoms with Crippen molar-refractivity contribution in [2.45, 2.75) is 65.5 Å². The van der Waals surface area contributed by atoms with E-state index < -0.39 is 6.04 Å². The van der Waals surface area contributed by atoms with Crippen molar-refractivity contribution in [1.82, 2.24) is 15.1 Å². The van der Waals surface area contributed by atoms with Crippen LogP contribution in [-0.2, 0) is 16.1 Å². The van der Waals surface area contributed by atoms with Gasteiger partial charge >= 0.3 is 0 Å². The average molecular weight is 367 g/mol. The molecule has 7 heteroatoms. The molecular weight excluding hydrogens is 336 g/mol. The minimum atomic E-state index is -0.463. The Morgan fingerprint density at radius 3 is 2.84 bits per heavy atom. The van der Waals surface area contributed by atoms with E-state index in [-0.39, 0.29) is 11.8 Å². The molecule has 1 aromatic heterocycles. The summed E-state index contributed by atoms with van der Waals surface area (Å²) < 4.78 is 1.83. The van der Waals surface area contributed by atoms with Gasteiger partial charge in [0.2, 0.25) is 11.8 Å². The minimum absolute atomic E-state index is 0.00419. The predicted molar refractivity (Wildman–Crippen MR) is 103 cm³/mol. The minimum Gasteiger partial charge on any atom is -0.354 e. The first-order valence-corrected chi connectivity index (χ1v) is 10.5. The van der Waals surface area contributed by atoms with Gasteiger partial charge < -0.3 is 5.32 Å². The first kappa shape index (κ1) is 19.8. The Morgan fingerprint density at radius 1 is 1.36 bits per heavy atom. The average Bonchev–Trinajstić information content (AvgIpc) is 2.97. The van der Waals surface area contributed by atoms with Gasteiger partial charge in [-0.05, 0) is 37.7 Å². The van der Waals surface area contributed by atoms with E-state index in [0.29, 0.717) is 25.9 Å². The number of hydrogen-bond acceptors (Lipinski definition) is 4. The SMILES string of the molecule is CCCCSCCCNC(=O)[C@@H](CC)N1C(=O)CCn2nc(C)cc21. The lowest BCUT2D eigenvalue weighted by Crippen LogP contribution is -2.52. The Balaban J connectivity index is 1.90. The normalized spacial score (nSPS) is 15.2. The molecule has 0 saturated heterocycles. The number of carbonyl (C=O) groups is 2. The largest absolute Gasteiger partial charge is 0.354 e. The van der Waals surface area contributed by atoms with Crippen LogP contribution in [0.4, 0.5) is 5.82 Å². The molecule has 0 spiro atoms. The smallest absolute Gasteiger partial charge is 0.243 e. The van der Waals surface area contributed by atoms with Crippen molar-refractivity contribution in [3.8, 4) is 0 Å². The zero-order chi connectivity index (χ0) is 18.2. The molecule has 0 fully saturated rings. The molecule has 2 heterocycles. The van der Waals surface area contributed by atoms with Crippen molar-refractivity contribution in [3.63, 3.8) is 0 Å². The highest BCUT2D eigenvalue weighted by molar-refractivity contribution is 7.99. The summed E-state index contributed by atoms with van der Waals surface area (Å²) in [6.45, 7) is 7.30. The molecule has 0 bridgehead atoms. The summed E-state index contributed by atoms with van der Waals surface area (Å²) in [5.41, 5.74) is 0.870. The predicted octanol–water partition coefficient (Wildman–Crippen LogP) is 2.75. The second-order valence-corrected chi connectivity index (χ2v) is 7.64. The van der Waals surface area contributed by atoms with Gasteiger partial charge in [0, 0.05) is 19.0 Å². The van der Waals surface area contributed by atoms with Crippen LogP contribution in [0, 0.1) is 6.92 Å². The van der Waals surface area contributed by atoms with Crippen molar-refractivity contribution in [2.24, 2.45) is 0 Å². The number of unbranched alkanes of at least 4 members (excludes halogenated alkanes) is 1. The lowest BCUT2D eigenvalue weighted by Gasteiger charge is -2.33. The van der Waals surface area contributed by atoms with Gasteiger partial charge in [0.25, 0.3) is 0 Å². The third-order valence-electron chi connectivity index (χ3n) is 4.34. The van der Waals surface area contributed by atoms with Crippen LogP contribution < -0.4 is 10.2 Å². The molecule has 0 unspecified atom stereocenters. The molecule has 1 atom stereocenters. The summed E-state index contributed by atoms with van der Waals surface area (Å²) in [4.78, 5) is 26.7. The number of aromatic nitrogens is 2. The van der Waals surface area contributed by atoms with E-state index in [1.165, 1.54) is 18.6 Å². The number of amides is 2. The molecule has 1 N–H and O–H groups in total. The van der Waals surface area contributed by atoms with Gasteiger partial charge in [0.05, 0.1) is 12.2 Å². The third-order valence-corrected chi connectivity index (χ3v) is 5.50. The van der Waals surface area contributed by atoms with Crippen LogP contribution in [0.1, 0.15) is 51.6 Å². The molecule has 0 radical (unpaired) electrons. The number of thioether (sulfide) groups is 1. The Kier molecular flexibility index (Phi) is 7.81. The van der Waals surface area contributed by atoms with Crippen molar-refractivity contribution in [2.75, 3.05) is 23.0 Å². The van der Waals surface area contributed by atoms with Gasteiger partial charge in [-0.25, -0.2) is 4.68 Å². The molecule has 0 aliphatic carbocycles. The fourth-order valence-electron chi connectivity index (χ4n) is 3.01. The summed E-state index contributed by atoms with van der Waals surface area (Å²) in [6, 6.07) is 1.42. The molecule has 2 rings (SSSR count). The Hall–Kier alpha value is -1.50. The fourth-order valence-corrected chi connectivity index (χ4v) is 4.06. The molecule has 0 saturated carbocycles. The van der Waals surface area contributed by atoms with Crippen LogP contribution in [0.3, 0.4) is 0 Å². The second-order valence-electron chi connectivity index (χ2n) is 6.42. The molecular formula is C18H30N4O2S. The summed E-state index contributed by atoms with van der Waals surface area (Å²) in [5, 5.41) is 7.42. The highest BCUT2D eigenvalue weighted by atomic mass is 32.2. The summed E-state index contributed by atoms with van der Waals surface area (Å²) in [6.07, 6.45) is 4.42. The van der Waals surface area contributed by atoms with E-state index >= 15 is 0 Å². The highest BCUT2D eigenvalue weighted by Crippen LogP contribution is 2.26. The van der Waals surface area contributed by atoms with Crippen molar-refractivity contribution >= 4 is 29.4 Å². The van der Waals surface area contributed by atoms with Crippen molar-refractivity contribution in [3.05, 3.63) is 11.8 Å².